The van der Waals surface area contributed by atoms with Crippen LogP contribution in [0.2, 0.25) is 19.1 Å². The lowest BCUT2D eigenvalue weighted by molar-refractivity contribution is 1.16. The molecular formula is C29H30Si. The molecule has 0 nitrogen and oxygen atoms in total. The van der Waals surface area contributed by atoms with Gasteiger partial charge in [0.2, 0.25) is 0 Å². The Hall–Kier alpha value is -2.90. The lowest BCUT2D eigenvalue weighted by Gasteiger charge is -2.21. The van der Waals surface area contributed by atoms with Crippen molar-refractivity contribution in [3.05, 3.63) is 125 Å². The Bertz CT molecular complexity index is 1080. The first-order valence-electron chi connectivity index (χ1n) is 10.9. The first-order chi connectivity index (χ1) is 14.6. The van der Waals surface area contributed by atoms with E-state index in [2.05, 4.69) is 123 Å². The van der Waals surface area contributed by atoms with Crippen LogP contribution >= 0.6 is 0 Å². The van der Waals surface area contributed by atoms with Crippen LogP contribution in [0.3, 0.4) is 0 Å². The van der Waals surface area contributed by atoms with E-state index in [9.17, 15) is 0 Å². The fourth-order valence-corrected chi connectivity index (χ4v) is 7.46. The van der Waals surface area contributed by atoms with Crippen molar-refractivity contribution in [3.8, 4) is 0 Å². The normalized spacial score (nSPS) is 17.6. The van der Waals surface area contributed by atoms with Crippen molar-refractivity contribution in [3.63, 3.8) is 0 Å². The summed E-state index contributed by atoms with van der Waals surface area (Å²) in [6.07, 6.45) is 5.90. The van der Waals surface area contributed by atoms with Gasteiger partial charge in [0, 0.05) is 0 Å². The Morgan fingerprint density at radius 3 is 1.97 bits per heavy atom. The second kappa shape index (κ2) is 8.85. The molecule has 30 heavy (non-hydrogen) atoms. The van der Waals surface area contributed by atoms with E-state index in [4.69, 9.17) is 0 Å². The van der Waals surface area contributed by atoms with Gasteiger partial charge in [0.25, 0.3) is 0 Å². The number of allylic oxidation sites excluding steroid dienone is 4. The summed E-state index contributed by atoms with van der Waals surface area (Å²) in [7, 11) is -1.54. The third-order valence-electron chi connectivity index (χ3n) is 5.99. The largest absolute Gasteiger partial charge is 0.0857 e. The molecule has 3 aromatic rings. The highest BCUT2D eigenvalue weighted by molar-refractivity contribution is 6.96. The Labute approximate surface area is 182 Å². The van der Waals surface area contributed by atoms with Gasteiger partial charge in [-0.2, -0.15) is 0 Å². The highest BCUT2D eigenvalue weighted by Gasteiger charge is 2.34. The van der Waals surface area contributed by atoms with Crippen molar-refractivity contribution in [1.82, 2.24) is 0 Å². The van der Waals surface area contributed by atoms with Crippen LogP contribution in [-0.4, -0.2) is 8.07 Å². The van der Waals surface area contributed by atoms with Gasteiger partial charge in [0.15, 0.2) is 0 Å². The van der Waals surface area contributed by atoms with Crippen molar-refractivity contribution in [1.29, 1.82) is 0 Å². The van der Waals surface area contributed by atoms with Crippen LogP contribution in [0.4, 0.5) is 0 Å². The number of rotatable bonds is 5. The molecule has 1 heterocycles. The average Bonchev–Trinajstić information content (AvgIpc) is 3.10. The Balaban J connectivity index is 1.91. The first kappa shape index (κ1) is 20.4. The highest BCUT2D eigenvalue weighted by atomic mass is 28.3. The summed E-state index contributed by atoms with van der Waals surface area (Å²) < 4.78 is 0. The smallest absolute Gasteiger partial charge is 0.0652 e. The first-order valence-corrected chi connectivity index (χ1v) is 14.1. The molecular weight excluding hydrogens is 376 g/mol. The monoisotopic (exact) mass is 406 g/mol. The van der Waals surface area contributed by atoms with Crippen LogP contribution in [0.15, 0.2) is 108 Å². The van der Waals surface area contributed by atoms with E-state index in [0.29, 0.717) is 0 Å². The lowest BCUT2D eigenvalue weighted by atomic mass is 9.90. The van der Waals surface area contributed by atoms with E-state index < -0.39 is 8.07 Å². The molecule has 1 aliphatic heterocycles. The van der Waals surface area contributed by atoms with Crippen LogP contribution in [-0.2, 0) is 0 Å². The van der Waals surface area contributed by atoms with Crippen molar-refractivity contribution in [2.75, 3.05) is 0 Å². The number of benzene rings is 3. The van der Waals surface area contributed by atoms with Crippen LogP contribution in [0.5, 0.6) is 0 Å². The Morgan fingerprint density at radius 1 is 0.800 bits per heavy atom. The van der Waals surface area contributed by atoms with Gasteiger partial charge < -0.3 is 0 Å². The van der Waals surface area contributed by atoms with Gasteiger partial charge in [-0.05, 0) is 45.9 Å². The average molecular weight is 407 g/mol. The third-order valence-corrected chi connectivity index (χ3v) is 9.15. The van der Waals surface area contributed by atoms with Gasteiger partial charge in [-0.25, -0.2) is 0 Å². The van der Waals surface area contributed by atoms with Gasteiger partial charge in [-0.3, -0.25) is 0 Å². The zero-order valence-corrected chi connectivity index (χ0v) is 19.2. The molecule has 0 saturated carbocycles. The molecule has 0 bridgehead atoms. The summed E-state index contributed by atoms with van der Waals surface area (Å²) in [6.45, 7) is 7.29. The molecule has 0 atom stereocenters. The lowest BCUT2D eigenvalue weighted by Crippen LogP contribution is -2.24. The number of hydrogen-bond donors (Lipinski definition) is 0. The van der Waals surface area contributed by atoms with Crippen LogP contribution in [0, 0.1) is 0 Å². The SMILES string of the molecule is CCC(=C\c1ccccc1)/C(=C1\C=C(c2ccccc2)[Si](C)(C)C1)c1ccccc1. The zero-order chi connectivity index (χ0) is 21.0. The molecule has 1 heteroatoms. The van der Waals surface area contributed by atoms with E-state index in [-0.39, 0.29) is 0 Å². The highest BCUT2D eigenvalue weighted by Crippen LogP contribution is 2.44. The van der Waals surface area contributed by atoms with E-state index in [1.54, 1.807) is 5.20 Å². The summed E-state index contributed by atoms with van der Waals surface area (Å²) in [6, 6.07) is 33.8. The summed E-state index contributed by atoms with van der Waals surface area (Å²) >= 11 is 0. The summed E-state index contributed by atoms with van der Waals surface area (Å²) in [5.74, 6) is 0. The Morgan fingerprint density at radius 2 is 1.37 bits per heavy atom. The molecule has 0 aliphatic carbocycles. The van der Waals surface area contributed by atoms with Crippen molar-refractivity contribution in [2.45, 2.75) is 32.5 Å². The van der Waals surface area contributed by atoms with Gasteiger partial charge in [0.05, 0.1) is 8.07 Å². The predicted molar refractivity (Wildman–Crippen MR) is 135 cm³/mol. The summed E-state index contributed by atoms with van der Waals surface area (Å²) in [4.78, 5) is 0. The topological polar surface area (TPSA) is 0 Å². The van der Waals surface area contributed by atoms with Crippen LogP contribution in [0.1, 0.15) is 30.0 Å². The fraction of sp³-hybridized carbons (Fsp3) is 0.172. The van der Waals surface area contributed by atoms with Crippen molar-refractivity contribution in [2.24, 2.45) is 0 Å². The van der Waals surface area contributed by atoms with E-state index in [1.165, 1.54) is 39.5 Å². The van der Waals surface area contributed by atoms with Gasteiger partial charge in [0.1, 0.15) is 0 Å². The molecule has 0 N–H and O–H groups in total. The molecule has 150 valence electrons. The van der Waals surface area contributed by atoms with Crippen molar-refractivity contribution < 1.29 is 0 Å². The molecule has 0 spiro atoms. The van der Waals surface area contributed by atoms with Gasteiger partial charge >= 0.3 is 0 Å². The van der Waals surface area contributed by atoms with Crippen LogP contribution in [0.25, 0.3) is 16.8 Å². The second-order valence-electron chi connectivity index (χ2n) is 8.68. The maximum Gasteiger partial charge on any atom is 0.0857 e. The molecule has 4 rings (SSSR count). The molecule has 3 aromatic carbocycles. The Kier molecular flexibility index (Phi) is 6.01. The van der Waals surface area contributed by atoms with E-state index in [0.717, 1.165) is 6.42 Å². The minimum Gasteiger partial charge on any atom is -0.0652 e. The third kappa shape index (κ3) is 4.32. The predicted octanol–water partition coefficient (Wildman–Crippen LogP) is 8.28. The zero-order valence-electron chi connectivity index (χ0n) is 18.2. The van der Waals surface area contributed by atoms with E-state index in [1.807, 2.05) is 0 Å². The maximum absolute atomic E-state index is 2.51. The molecule has 0 radical (unpaired) electrons. The minimum atomic E-state index is -1.54. The molecule has 0 saturated heterocycles. The minimum absolute atomic E-state index is 1.01. The molecule has 0 amide bonds. The maximum atomic E-state index is 2.51. The molecule has 0 unspecified atom stereocenters. The summed E-state index contributed by atoms with van der Waals surface area (Å²) in [5, 5.41) is 1.57. The van der Waals surface area contributed by atoms with Gasteiger partial charge in [-0.15, -0.1) is 0 Å². The molecule has 1 aliphatic rings. The van der Waals surface area contributed by atoms with Crippen LogP contribution < -0.4 is 0 Å². The van der Waals surface area contributed by atoms with Gasteiger partial charge in [-0.1, -0.05) is 128 Å². The fourth-order valence-electron chi connectivity index (χ4n) is 4.53. The molecule has 0 aromatic heterocycles. The molecule has 0 fully saturated rings. The standard InChI is InChI=1S/C29H30Si/c1-4-24(20-23-14-8-5-9-15-23)29(26-18-12-7-13-19-26)27-21-28(30(2,3)22-27)25-16-10-6-11-17-25/h5-21H,4,22H2,1-3H3/b24-20+,29-27-. The quantitative estimate of drug-likeness (QED) is 0.374. The van der Waals surface area contributed by atoms with E-state index >= 15 is 0 Å². The summed E-state index contributed by atoms with van der Waals surface area (Å²) in [5.41, 5.74) is 8.32. The second-order valence-corrected chi connectivity index (χ2v) is 13.3. The number of hydrogen-bond acceptors (Lipinski definition) is 0. The van der Waals surface area contributed by atoms with Crippen molar-refractivity contribution >= 4 is 24.9 Å².